The minimum absolute atomic E-state index is 0.253. The molecule has 0 fully saturated rings. The van der Waals surface area contributed by atoms with Crippen LogP contribution in [-0.2, 0) is 12.4 Å². The molecule has 2 N–H and O–H groups in total. The fraction of sp³-hybridized carbons (Fsp3) is 0.238. The summed E-state index contributed by atoms with van der Waals surface area (Å²) in [7, 11) is 0. The van der Waals surface area contributed by atoms with Gasteiger partial charge in [-0.2, -0.15) is 26.3 Å². The average molecular weight is 442 g/mol. The number of fused-ring (bicyclic) bond motifs is 1. The van der Waals surface area contributed by atoms with Crippen molar-refractivity contribution in [3.8, 4) is 0 Å². The van der Waals surface area contributed by atoms with E-state index in [9.17, 15) is 36.2 Å². The number of pyridine rings is 1. The van der Waals surface area contributed by atoms with Crippen molar-refractivity contribution in [3.63, 3.8) is 0 Å². The van der Waals surface area contributed by atoms with Gasteiger partial charge in [0.2, 0.25) is 0 Å². The summed E-state index contributed by atoms with van der Waals surface area (Å²) in [6.07, 6.45) is -11.6. The number of halogens is 6. The van der Waals surface area contributed by atoms with Crippen molar-refractivity contribution in [1.29, 1.82) is 0 Å². The number of carbonyl (C=O) groups is 1. The van der Waals surface area contributed by atoms with Gasteiger partial charge >= 0.3 is 12.4 Å². The van der Waals surface area contributed by atoms with E-state index in [1.54, 1.807) is 12.1 Å². The molecule has 1 aromatic heterocycles. The molecule has 1 atom stereocenters. The lowest BCUT2D eigenvalue weighted by Gasteiger charge is -2.19. The van der Waals surface area contributed by atoms with Crippen molar-refractivity contribution in [3.05, 3.63) is 70.9 Å². The monoisotopic (exact) mass is 442 g/mol. The zero-order valence-electron chi connectivity index (χ0n) is 16.0. The van der Waals surface area contributed by atoms with Crippen molar-refractivity contribution in [2.75, 3.05) is 11.9 Å². The Bertz CT molecular complexity index is 1130. The molecule has 0 radical (unpaired) electrons. The summed E-state index contributed by atoms with van der Waals surface area (Å²) in [6, 6.07) is 9.66. The van der Waals surface area contributed by atoms with Gasteiger partial charge < -0.3 is 10.4 Å². The van der Waals surface area contributed by atoms with Gasteiger partial charge in [0, 0.05) is 23.2 Å². The topological polar surface area (TPSA) is 62.2 Å². The fourth-order valence-electron chi connectivity index (χ4n) is 3.19. The van der Waals surface area contributed by atoms with Crippen LogP contribution in [0, 0.1) is 0 Å². The van der Waals surface area contributed by atoms with Gasteiger partial charge in [-0.3, -0.25) is 4.79 Å². The van der Waals surface area contributed by atoms with Crippen LogP contribution >= 0.6 is 0 Å². The molecule has 4 nitrogen and oxygen atoms in total. The van der Waals surface area contributed by atoms with Gasteiger partial charge in [-0.1, -0.05) is 24.3 Å². The second-order valence-electron chi connectivity index (χ2n) is 6.79. The number of aliphatic hydroxyl groups is 1. The van der Waals surface area contributed by atoms with Gasteiger partial charge in [-0.25, -0.2) is 4.98 Å². The Labute approximate surface area is 172 Å². The van der Waals surface area contributed by atoms with Crippen LogP contribution in [0.1, 0.15) is 40.2 Å². The second-order valence-corrected chi connectivity index (χ2v) is 6.79. The third kappa shape index (κ3) is 4.79. The second kappa shape index (κ2) is 8.18. The third-order valence-electron chi connectivity index (χ3n) is 4.62. The summed E-state index contributed by atoms with van der Waals surface area (Å²) in [5.41, 5.74) is -3.52. The van der Waals surface area contributed by atoms with Crippen LogP contribution in [0.4, 0.5) is 32.0 Å². The molecule has 0 saturated heterocycles. The Morgan fingerprint density at radius 1 is 1.03 bits per heavy atom. The Morgan fingerprint density at radius 3 is 2.32 bits per heavy atom. The van der Waals surface area contributed by atoms with E-state index in [-0.39, 0.29) is 23.3 Å². The molecule has 164 valence electrons. The molecule has 3 aromatic rings. The van der Waals surface area contributed by atoms with E-state index in [1.807, 2.05) is 0 Å². The first-order valence-corrected chi connectivity index (χ1v) is 8.99. The van der Waals surface area contributed by atoms with Gasteiger partial charge in [0.15, 0.2) is 5.78 Å². The number of Topliss-reactive ketones (excluding diaryl/α,β-unsaturated/α-hetero) is 1. The quantitative estimate of drug-likeness (QED) is 0.398. The first-order chi connectivity index (χ1) is 14.4. The number of ketones is 1. The van der Waals surface area contributed by atoms with Crippen LogP contribution in [0.2, 0.25) is 0 Å². The number of nitrogens with one attached hydrogen (secondary N) is 1. The number of aromatic nitrogens is 1. The molecule has 2 aromatic carbocycles. The number of carbonyl (C=O) groups excluding carboxylic acids is 1. The Kier molecular flexibility index (Phi) is 5.95. The van der Waals surface area contributed by atoms with Gasteiger partial charge in [0.1, 0.15) is 5.69 Å². The van der Waals surface area contributed by atoms with E-state index < -0.39 is 35.2 Å². The minimum atomic E-state index is -5.02. The molecule has 1 heterocycles. The van der Waals surface area contributed by atoms with E-state index in [0.29, 0.717) is 23.4 Å². The average Bonchev–Trinajstić information content (AvgIpc) is 2.69. The van der Waals surface area contributed by atoms with Crippen LogP contribution in [0.3, 0.4) is 0 Å². The highest BCUT2D eigenvalue weighted by molar-refractivity contribution is 5.99. The maximum atomic E-state index is 13.3. The number of anilines is 1. The van der Waals surface area contributed by atoms with E-state index in [2.05, 4.69) is 10.3 Å². The molecule has 0 amide bonds. The number of hydrogen-bond acceptors (Lipinski definition) is 4. The molecular formula is C21H16F6N2O2. The number of hydrogen-bond donors (Lipinski definition) is 2. The summed E-state index contributed by atoms with van der Waals surface area (Å²) in [5.74, 6) is -0.277. The summed E-state index contributed by atoms with van der Waals surface area (Å²) < 4.78 is 79.9. The van der Waals surface area contributed by atoms with Crippen LogP contribution in [0.25, 0.3) is 10.9 Å². The zero-order chi connectivity index (χ0) is 23.0. The van der Waals surface area contributed by atoms with E-state index in [1.165, 1.54) is 25.1 Å². The van der Waals surface area contributed by atoms with Crippen molar-refractivity contribution < 1.29 is 36.2 Å². The maximum absolute atomic E-state index is 13.3. The predicted molar refractivity (Wildman–Crippen MR) is 102 cm³/mol. The van der Waals surface area contributed by atoms with Crippen LogP contribution in [0.5, 0.6) is 0 Å². The Hall–Kier alpha value is -3.14. The maximum Gasteiger partial charge on any atom is 0.433 e. The Balaban J connectivity index is 2.07. The molecule has 0 aliphatic carbocycles. The number of para-hydroxylation sites is 2. The molecule has 0 aliphatic rings. The molecule has 10 heteroatoms. The summed E-state index contributed by atoms with van der Waals surface area (Å²) >= 11 is 0. The predicted octanol–water partition coefficient (Wildman–Crippen LogP) is 5.62. The highest BCUT2D eigenvalue weighted by Crippen LogP contribution is 2.39. The number of aliphatic hydroxyl groups excluding tert-OH is 1. The first-order valence-electron chi connectivity index (χ1n) is 8.99. The minimum Gasteiger partial charge on any atom is -0.387 e. The molecule has 0 aliphatic heterocycles. The van der Waals surface area contributed by atoms with E-state index in [4.69, 9.17) is 0 Å². The number of benzene rings is 2. The number of rotatable bonds is 5. The van der Waals surface area contributed by atoms with Crippen LogP contribution < -0.4 is 5.32 Å². The molecule has 0 bridgehead atoms. The smallest absolute Gasteiger partial charge is 0.387 e. The van der Waals surface area contributed by atoms with Crippen LogP contribution in [-0.4, -0.2) is 22.4 Å². The molecule has 3 rings (SSSR count). The van der Waals surface area contributed by atoms with Crippen molar-refractivity contribution in [1.82, 2.24) is 4.98 Å². The standard InChI is InChI=1S/C21H16F6N2O2/c1-11(30)12-5-2-3-8-16(12)28-10-17(31)14-9-18(21(25,26)27)29-19-13(14)6-4-7-15(19)20(22,23)24/h2-9,17,28,31H,10H2,1H3. The molecule has 31 heavy (non-hydrogen) atoms. The van der Waals surface area contributed by atoms with E-state index >= 15 is 0 Å². The van der Waals surface area contributed by atoms with Gasteiger partial charge in [-0.15, -0.1) is 0 Å². The number of alkyl halides is 6. The molecular weight excluding hydrogens is 426 g/mol. The largest absolute Gasteiger partial charge is 0.433 e. The lowest BCUT2D eigenvalue weighted by molar-refractivity contribution is -0.142. The van der Waals surface area contributed by atoms with E-state index in [0.717, 1.165) is 6.07 Å². The van der Waals surface area contributed by atoms with Crippen LogP contribution in [0.15, 0.2) is 48.5 Å². The SMILES string of the molecule is CC(=O)c1ccccc1NCC(O)c1cc(C(F)(F)F)nc2c(C(F)(F)F)cccc12. The molecule has 0 saturated carbocycles. The molecule has 0 spiro atoms. The van der Waals surface area contributed by atoms with Crippen molar-refractivity contribution in [2.45, 2.75) is 25.4 Å². The van der Waals surface area contributed by atoms with Crippen molar-refractivity contribution >= 4 is 22.4 Å². The summed E-state index contributed by atoms with van der Waals surface area (Å²) in [4.78, 5) is 14.9. The normalized spacial score (nSPS) is 13.3. The highest BCUT2D eigenvalue weighted by Gasteiger charge is 2.38. The highest BCUT2D eigenvalue weighted by atomic mass is 19.4. The van der Waals surface area contributed by atoms with Gasteiger partial charge in [-0.05, 0) is 36.8 Å². The lowest BCUT2D eigenvalue weighted by atomic mass is 9.99. The first kappa shape index (κ1) is 22.5. The fourth-order valence-corrected chi connectivity index (χ4v) is 3.19. The lowest BCUT2D eigenvalue weighted by Crippen LogP contribution is -2.17. The summed E-state index contributed by atoms with van der Waals surface area (Å²) in [5, 5.41) is 13.1. The van der Waals surface area contributed by atoms with Gasteiger partial charge in [0.05, 0.1) is 17.2 Å². The third-order valence-corrected chi connectivity index (χ3v) is 4.62. The zero-order valence-corrected chi connectivity index (χ0v) is 16.0. The van der Waals surface area contributed by atoms with Crippen molar-refractivity contribution in [2.24, 2.45) is 0 Å². The number of nitrogens with zero attached hydrogens (tertiary/aromatic N) is 1. The summed E-state index contributed by atoms with van der Waals surface area (Å²) in [6.45, 7) is 0.971. The Morgan fingerprint density at radius 2 is 1.71 bits per heavy atom. The van der Waals surface area contributed by atoms with Gasteiger partial charge in [0.25, 0.3) is 0 Å². The molecule has 1 unspecified atom stereocenters.